The minimum atomic E-state index is -3.18. The number of nitrogens with zero attached hydrogens (tertiary/aromatic N) is 2. The average molecular weight is 472 g/mol. The van der Waals surface area contributed by atoms with Gasteiger partial charge in [-0.25, -0.2) is 8.42 Å². The number of carbonyl (C=O) groups excluding carboxylic acids is 1. The normalized spacial score (nSPS) is 18.8. The van der Waals surface area contributed by atoms with Crippen LogP contribution in [0.15, 0.2) is 48.5 Å². The molecule has 0 aromatic heterocycles. The van der Waals surface area contributed by atoms with Crippen LogP contribution in [0.1, 0.15) is 23.1 Å². The first kappa shape index (κ1) is 22.9. The molecule has 0 unspecified atom stereocenters. The summed E-state index contributed by atoms with van der Waals surface area (Å²) in [4.78, 5) is 15.0. The maximum absolute atomic E-state index is 12.5. The predicted octanol–water partition coefficient (Wildman–Crippen LogP) is 3.74. The molecular weight excluding hydrogens is 442 g/mol. The monoisotopic (exact) mass is 471 g/mol. The molecule has 0 saturated carbocycles. The van der Waals surface area contributed by atoms with Crippen LogP contribution < -0.4 is 9.62 Å². The van der Waals surface area contributed by atoms with E-state index in [1.165, 1.54) is 27.5 Å². The van der Waals surface area contributed by atoms with Crippen LogP contribution in [-0.2, 0) is 21.4 Å². The minimum Gasteiger partial charge on any atom is -0.322 e. The van der Waals surface area contributed by atoms with Crippen LogP contribution in [0.4, 0.5) is 11.4 Å². The lowest BCUT2D eigenvalue weighted by Gasteiger charge is -2.26. The van der Waals surface area contributed by atoms with Crippen molar-refractivity contribution in [2.24, 2.45) is 0 Å². The molecule has 2 heterocycles. The van der Waals surface area contributed by atoms with Gasteiger partial charge in [0.15, 0.2) is 0 Å². The van der Waals surface area contributed by atoms with E-state index in [1.54, 1.807) is 18.2 Å². The van der Waals surface area contributed by atoms with Crippen LogP contribution in [0.5, 0.6) is 0 Å². The summed E-state index contributed by atoms with van der Waals surface area (Å²) < 4.78 is 25.6. The molecule has 0 spiro atoms. The SMILES string of the molecule is Cc1ccc(CN2CCSCC2)cc1NC(=O)/C=C/c1ccc(N2CCCS2(=O)=O)cc1. The Kier molecular flexibility index (Phi) is 7.23. The van der Waals surface area contributed by atoms with Crippen LogP contribution in [0.2, 0.25) is 0 Å². The number of sulfonamides is 1. The van der Waals surface area contributed by atoms with Crippen molar-refractivity contribution in [3.63, 3.8) is 0 Å². The molecule has 0 bridgehead atoms. The Morgan fingerprint density at radius 2 is 1.84 bits per heavy atom. The molecule has 2 fully saturated rings. The quantitative estimate of drug-likeness (QED) is 0.650. The smallest absolute Gasteiger partial charge is 0.248 e. The molecule has 0 aliphatic carbocycles. The van der Waals surface area contributed by atoms with E-state index in [2.05, 4.69) is 28.4 Å². The Hall–Kier alpha value is -2.29. The van der Waals surface area contributed by atoms with Crippen molar-refractivity contribution in [1.29, 1.82) is 0 Å². The van der Waals surface area contributed by atoms with E-state index in [1.807, 2.05) is 30.8 Å². The second kappa shape index (κ2) is 10.1. The number of aryl methyl sites for hydroxylation is 1. The Morgan fingerprint density at radius 3 is 2.53 bits per heavy atom. The van der Waals surface area contributed by atoms with Crippen LogP contribution in [0.25, 0.3) is 6.08 Å². The van der Waals surface area contributed by atoms with E-state index in [0.29, 0.717) is 18.7 Å². The summed E-state index contributed by atoms with van der Waals surface area (Å²) in [6.07, 6.45) is 3.90. The molecule has 8 heteroatoms. The van der Waals surface area contributed by atoms with Crippen molar-refractivity contribution < 1.29 is 13.2 Å². The zero-order valence-electron chi connectivity index (χ0n) is 18.3. The molecule has 0 radical (unpaired) electrons. The number of carbonyl (C=O) groups is 1. The van der Waals surface area contributed by atoms with Gasteiger partial charge in [0.2, 0.25) is 15.9 Å². The maximum Gasteiger partial charge on any atom is 0.248 e. The Bertz CT molecular complexity index is 1090. The summed E-state index contributed by atoms with van der Waals surface area (Å²) in [6.45, 7) is 5.62. The van der Waals surface area contributed by atoms with Gasteiger partial charge in [0, 0.05) is 49.4 Å². The van der Waals surface area contributed by atoms with Crippen molar-refractivity contribution in [2.75, 3.05) is 46.5 Å². The van der Waals surface area contributed by atoms with Crippen molar-refractivity contribution in [3.8, 4) is 0 Å². The highest BCUT2D eigenvalue weighted by Crippen LogP contribution is 2.24. The molecule has 2 aromatic rings. The van der Waals surface area contributed by atoms with Gasteiger partial charge in [-0.05, 0) is 54.3 Å². The maximum atomic E-state index is 12.5. The summed E-state index contributed by atoms with van der Waals surface area (Å²) in [7, 11) is -3.18. The lowest BCUT2D eigenvalue weighted by Crippen LogP contribution is -2.31. The average Bonchev–Trinajstić information content (AvgIpc) is 3.14. The number of benzene rings is 2. The van der Waals surface area contributed by atoms with Gasteiger partial charge in [0.05, 0.1) is 11.4 Å². The van der Waals surface area contributed by atoms with Crippen LogP contribution >= 0.6 is 11.8 Å². The van der Waals surface area contributed by atoms with E-state index < -0.39 is 10.0 Å². The summed E-state index contributed by atoms with van der Waals surface area (Å²) in [5.41, 5.74) is 4.58. The van der Waals surface area contributed by atoms with E-state index in [-0.39, 0.29) is 11.7 Å². The summed E-state index contributed by atoms with van der Waals surface area (Å²) >= 11 is 2.00. The van der Waals surface area contributed by atoms with E-state index in [9.17, 15) is 13.2 Å². The first-order valence-corrected chi connectivity index (χ1v) is 13.7. The van der Waals surface area contributed by atoms with Crippen LogP contribution in [-0.4, -0.2) is 56.1 Å². The second-order valence-electron chi connectivity index (χ2n) is 8.19. The third-order valence-electron chi connectivity index (χ3n) is 5.78. The summed E-state index contributed by atoms with van der Waals surface area (Å²) in [6, 6.07) is 13.5. The molecule has 6 nitrogen and oxygen atoms in total. The van der Waals surface area contributed by atoms with Gasteiger partial charge in [-0.1, -0.05) is 24.3 Å². The summed E-state index contributed by atoms with van der Waals surface area (Å²) in [5.74, 6) is 2.36. The first-order valence-electron chi connectivity index (χ1n) is 10.9. The van der Waals surface area contributed by atoms with Crippen LogP contribution in [0.3, 0.4) is 0 Å². The minimum absolute atomic E-state index is 0.189. The highest BCUT2D eigenvalue weighted by atomic mass is 32.2. The van der Waals surface area contributed by atoms with Gasteiger partial charge < -0.3 is 5.32 Å². The fraction of sp³-hybridized carbons (Fsp3) is 0.375. The number of rotatable bonds is 6. The number of hydrogen-bond acceptors (Lipinski definition) is 5. The molecule has 32 heavy (non-hydrogen) atoms. The number of amides is 1. The number of anilines is 2. The molecule has 2 aliphatic rings. The van der Waals surface area contributed by atoms with Gasteiger partial charge >= 0.3 is 0 Å². The van der Waals surface area contributed by atoms with Crippen molar-refractivity contribution in [3.05, 3.63) is 65.2 Å². The second-order valence-corrected chi connectivity index (χ2v) is 11.4. The topological polar surface area (TPSA) is 69.7 Å². The Balaban J connectivity index is 1.37. The van der Waals surface area contributed by atoms with Crippen molar-refractivity contribution in [2.45, 2.75) is 19.9 Å². The molecule has 2 aromatic carbocycles. The molecule has 4 rings (SSSR count). The van der Waals surface area contributed by atoms with E-state index in [4.69, 9.17) is 0 Å². The molecule has 1 N–H and O–H groups in total. The first-order chi connectivity index (χ1) is 15.4. The van der Waals surface area contributed by atoms with Gasteiger partial charge in [-0.15, -0.1) is 0 Å². The number of hydrogen-bond donors (Lipinski definition) is 1. The highest BCUT2D eigenvalue weighted by Gasteiger charge is 2.28. The Morgan fingerprint density at radius 1 is 1.09 bits per heavy atom. The summed E-state index contributed by atoms with van der Waals surface area (Å²) in [5, 5.41) is 2.99. The predicted molar refractivity (Wildman–Crippen MR) is 134 cm³/mol. The van der Waals surface area contributed by atoms with Crippen LogP contribution in [0, 0.1) is 6.92 Å². The molecule has 170 valence electrons. The molecular formula is C24H29N3O3S2. The zero-order chi connectivity index (χ0) is 22.6. The van der Waals surface area contributed by atoms with Gasteiger partial charge in [-0.3, -0.25) is 14.0 Å². The molecule has 1 amide bonds. The lowest BCUT2D eigenvalue weighted by atomic mass is 10.1. The number of thioether (sulfide) groups is 1. The third kappa shape index (κ3) is 5.74. The van der Waals surface area contributed by atoms with Gasteiger partial charge in [0.1, 0.15) is 0 Å². The third-order valence-corrected chi connectivity index (χ3v) is 8.59. The highest BCUT2D eigenvalue weighted by molar-refractivity contribution is 7.99. The fourth-order valence-corrected chi connectivity index (χ4v) is 6.49. The van der Waals surface area contributed by atoms with Crippen molar-refractivity contribution >= 4 is 45.1 Å². The van der Waals surface area contributed by atoms with Gasteiger partial charge in [-0.2, -0.15) is 11.8 Å². The zero-order valence-corrected chi connectivity index (χ0v) is 19.9. The number of nitrogens with one attached hydrogen (secondary N) is 1. The molecule has 2 aliphatic heterocycles. The largest absolute Gasteiger partial charge is 0.322 e. The Labute approximate surface area is 194 Å². The van der Waals surface area contributed by atoms with E-state index >= 15 is 0 Å². The lowest BCUT2D eigenvalue weighted by molar-refractivity contribution is -0.111. The molecule has 2 saturated heterocycles. The van der Waals surface area contributed by atoms with Crippen molar-refractivity contribution in [1.82, 2.24) is 4.90 Å². The molecule has 0 atom stereocenters. The van der Waals surface area contributed by atoms with E-state index in [0.717, 1.165) is 36.4 Å². The standard InChI is InChI=1S/C24H29N3O3S2/c1-19-3-4-21(18-26-12-14-31-15-13-26)17-23(19)25-24(28)10-7-20-5-8-22(9-6-20)27-11-2-16-32(27,29)30/h3-10,17H,2,11-16,18H2,1H3,(H,25,28)/b10-7+. The van der Waals surface area contributed by atoms with Gasteiger partial charge in [0.25, 0.3) is 0 Å². The fourth-order valence-electron chi connectivity index (χ4n) is 3.95.